The molecule has 0 N–H and O–H groups in total. The Bertz CT molecular complexity index is 411. The van der Waals surface area contributed by atoms with Crippen LogP contribution in [0.4, 0.5) is 0 Å². The van der Waals surface area contributed by atoms with Crippen LogP contribution in [-0.4, -0.2) is 12.8 Å². The molecule has 0 saturated carbocycles. The fourth-order valence-corrected chi connectivity index (χ4v) is 1.59. The summed E-state index contributed by atoms with van der Waals surface area (Å²) in [6.45, 7) is 2.91. The minimum Gasteiger partial charge on any atom is -0.288 e. The van der Waals surface area contributed by atoms with Crippen LogP contribution in [0.25, 0.3) is 5.57 Å². The van der Waals surface area contributed by atoms with Gasteiger partial charge in [0.1, 0.15) is 0 Å². The SMILES string of the molecule is Cc1ccccc1C1=CC=CC=NC1. The lowest BCUT2D eigenvalue weighted by molar-refractivity contribution is 1.26. The predicted octanol–water partition coefficient (Wildman–Crippen LogP) is 3.02. The molecule has 0 fully saturated rings. The van der Waals surface area contributed by atoms with Crippen molar-refractivity contribution in [3.05, 3.63) is 53.6 Å². The molecule has 0 amide bonds. The Morgan fingerprint density at radius 1 is 1.14 bits per heavy atom. The number of aliphatic imine (C=N–C) groups is 1. The number of allylic oxidation sites excluding steroid dienone is 3. The predicted molar refractivity (Wildman–Crippen MR) is 61.7 cm³/mol. The summed E-state index contributed by atoms with van der Waals surface area (Å²) in [5.74, 6) is 0. The molecule has 0 spiro atoms. The van der Waals surface area contributed by atoms with Crippen LogP contribution in [0.2, 0.25) is 0 Å². The lowest BCUT2D eigenvalue weighted by atomic mass is 10.0. The van der Waals surface area contributed by atoms with E-state index in [4.69, 9.17) is 0 Å². The van der Waals surface area contributed by atoms with E-state index in [-0.39, 0.29) is 0 Å². The van der Waals surface area contributed by atoms with Crippen molar-refractivity contribution in [3.8, 4) is 0 Å². The monoisotopic (exact) mass is 183 g/mol. The van der Waals surface area contributed by atoms with Crippen molar-refractivity contribution < 1.29 is 0 Å². The van der Waals surface area contributed by atoms with Gasteiger partial charge in [-0.2, -0.15) is 0 Å². The summed E-state index contributed by atoms with van der Waals surface area (Å²) in [4.78, 5) is 4.29. The van der Waals surface area contributed by atoms with E-state index in [0.29, 0.717) is 0 Å². The molecule has 1 heteroatoms. The van der Waals surface area contributed by atoms with Gasteiger partial charge in [0.2, 0.25) is 0 Å². The van der Waals surface area contributed by atoms with Crippen LogP contribution in [0.5, 0.6) is 0 Å². The van der Waals surface area contributed by atoms with Crippen LogP contribution in [-0.2, 0) is 0 Å². The second kappa shape index (κ2) is 4.05. The van der Waals surface area contributed by atoms with Crippen molar-refractivity contribution in [2.45, 2.75) is 6.92 Å². The minimum atomic E-state index is 0.776. The third-order valence-corrected chi connectivity index (χ3v) is 2.35. The zero-order chi connectivity index (χ0) is 9.80. The topological polar surface area (TPSA) is 12.4 Å². The molecule has 2 rings (SSSR count). The van der Waals surface area contributed by atoms with Crippen molar-refractivity contribution in [2.75, 3.05) is 6.54 Å². The lowest BCUT2D eigenvalue weighted by Crippen LogP contribution is -1.91. The summed E-state index contributed by atoms with van der Waals surface area (Å²) in [5, 5.41) is 0. The molecule has 1 aliphatic heterocycles. The van der Waals surface area contributed by atoms with Gasteiger partial charge in [0.15, 0.2) is 0 Å². The maximum atomic E-state index is 4.29. The number of nitrogens with zero attached hydrogens (tertiary/aromatic N) is 1. The van der Waals surface area contributed by atoms with E-state index in [1.807, 2.05) is 18.4 Å². The van der Waals surface area contributed by atoms with Gasteiger partial charge in [-0.05, 0) is 29.7 Å². The first kappa shape index (κ1) is 8.95. The normalized spacial score (nSPS) is 15.1. The average molecular weight is 183 g/mol. The number of benzene rings is 1. The molecule has 14 heavy (non-hydrogen) atoms. The molecule has 0 radical (unpaired) electrons. The van der Waals surface area contributed by atoms with E-state index in [1.54, 1.807) is 0 Å². The zero-order valence-corrected chi connectivity index (χ0v) is 8.27. The molecule has 0 aliphatic carbocycles. The fourth-order valence-electron chi connectivity index (χ4n) is 1.59. The molecule has 0 aromatic heterocycles. The van der Waals surface area contributed by atoms with Gasteiger partial charge in [0.05, 0.1) is 6.54 Å². The highest BCUT2D eigenvalue weighted by atomic mass is 14.7. The van der Waals surface area contributed by atoms with E-state index >= 15 is 0 Å². The Kier molecular flexibility index (Phi) is 2.59. The first-order valence-electron chi connectivity index (χ1n) is 4.79. The molecule has 1 aromatic rings. The summed E-state index contributed by atoms with van der Waals surface area (Å²) in [5.41, 5.74) is 3.90. The highest BCUT2D eigenvalue weighted by Crippen LogP contribution is 2.19. The molecule has 1 heterocycles. The minimum absolute atomic E-state index is 0.776. The zero-order valence-electron chi connectivity index (χ0n) is 8.27. The molecule has 0 saturated heterocycles. The van der Waals surface area contributed by atoms with Gasteiger partial charge in [0, 0.05) is 6.21 Å². The first-order valence-corrected chi connectivity index (χ1v) is 4.79. The quantitative estimate of drug-likeness (QED) is 0.634. The summed E-state index contributed by atoms with van der Waals surface area (Å²) in [6.07, 6.45) is 7.99. The number of rotatable bonds is 1. The van der Waals surface area contributed by atoms with Crippen LogP contribution in [0.1, 0.15) is 11.1 Å². The van der Waals surface area contributed by atoms with Crippen LogP contribution in [0, 0.1) is 6.92 Å². The van der Waals surface area contributed by atoms with Crippen molar-refractivity contribution >= 4 is 11.8 Å². The number of hydrogen-bond donors (Lipinski definition) is 0. The summed E-state index contributed by atoms with van der Waals surface area (Å²) < 4.78 is 0. The third kappa shape index (κ3) is 1.82. The van der Waals surface area contributed by atoms with Crippen LogP contribution in [0.3, 0.4) is 0 Å². The number of hydrogen-bond acceptors (Lipinski definition) is 1. The standard InChI is InChI=1S/C13H13N/c1-11-6-2-3-8-13(11)12-7-4-5-9-14-10-12/h2-9H,10H2,1H3. The maximum absolute atomic E-state index is 4.29. The molecule has 0 atom stereocenters. The summed E-state index contributed by atoms with van der Waals surface area (Å²) >= 11 is 0. The van der Waals surface area contributed by atoms with Gasteiger partial charge in [-0.3, -0.25) is 4.99 Å². The van der Waals surface area contributed by atoms with Gasteiger partial charge in [-0.1, -0.05) is 36.4 Å². The molecule has 1 nitrogen and oxygen atoms in total. The van der Waals surface area contributed by atoms with Gasteiger partial charge in [-0.25, -0.2) is 0 Å². The Morgan fingerprint density at radius 3 is 2.86 bits per heavy atom. The van der Waals surface area contributed by atoms with E-state index < -0.39 is 0 Å². The van der Waals surface area contributed by atoms with Crippen molar-refractivity contribution in [1.82, 2.24) is 0 Å². The molecule has 0 unspecified atom stereocenters. The Morgan fingerprint density at radius 2 is 2.00 bits per heavy atom. The average Bonchev–Trinajstić information content (AvgIpc) is 2.47. The smallest absolute Gasteiger partial charge is 0.0645 e. The molecule has 1 aromatic carbocycles. The molecule has 70 valence electrons. The van der Waals surface area contributed by atoms with Crippen molar-refractivity contribution in [2.24, 2.45) is 4.99 Å². The van der Waals surface area contributed by atoms with Crippen LogP contribution in [0.15, 0.2) is 47.5 Å². The largest absolute Gasteiger partial charge is 0.288 e. The third-order valence-electron chi connectivity index (χ3n) is 2.35. The van der Waals surface area contributed by atoms with E-state index in [0.717, 1.165) is 6.54 Å². The maximum Gasteiger partial charge on any atom is 0.0645 e. The van der Waals surface area contributed by atoms with Crippen LogP contribution >= 0.6 is 0 Å². The number of aryl methyl sites for hydroxylation is 1. The second-order valence-electron chi connectivity index (χ2n) is 3.38. The lowest BCUT2D eigenvalue weighted by Gasteiger charge is -2.06. The Labute approximate surface area is 84.5 Å². The van der Waals surface area contributed by atoms with E-state index in [9.17, 15) is 0 Å². The molecular weight excluding hydrogens is 170 g/mol. The Balaban J connectivity index is 2.40. The highest BCUT2D eigenvalue weighted by molar-refractivity contribution is 5.79. The van der Waals surface area contributed by atoms with Crippen LogP contribution < -0.4 is 0 Å². The molecule has 0 bridgehead atoms. The summed E-state index contributed by atoms with van der Waals surface area (Å²) in [6, 6.07) is 8.42. The highest BCUT2D eigenvalue weighted by Gasteiger charge is 2.02. The summed E-state index contributed by atoms with van der Waals surface area (Å²) in [7, 11) is 0. The molecular formula is C13H13N. The second-order valence-corrected chi connectivity index (χ2v) is 3.38. The van der Waals surface area contributed by atoms with E-state index in [2.05, 4.69) is 42.3 Å². The fraction of sp³-hybridized carbons (Fsp3) is 0.154. The van der Waals surface area contributed by atoms with E-state index in [1.165, 1.54) is 16.7 Å². The van der Waals surface area contributed by atoms with Gasteiger partial charge in [0.25, 0.3) is 0 Å². The first-order chi connectivity index (χ1) is 6.88. The van der Waals surface area contributed by atoms with Gasteiger partial charge in [-0.15, -0.1) is 0 Å². The van der Waals surface area contributed by atoms with Gasteiger partial charge < -0.3 is 0 Å². The van der Waals surface area contributed by atoms with Crippen molar-refractivity contribution in [3.63, 3.8) is 0 Å². The van der Waals surface area contributed by atoms with Gasteiger partial charge >= 0.3 is 0 Å². The Hall–Kier alpha value is -1.63. The van der Waals surface area contributed by atoms with Crippen molar-refractivity contribution in [1.29, 1.82) is 0 Å². The molecule has 1 aliphatic rings.